The van der Waals surface area contributed by atoms with Crippen molar-refractivity contribution in [2.45, 2.75) is 59.3 Å². The molecule has 144 valence electrons. The molecule has 0 aliphatic carbocycles. The molecule has 6 heteroatoms. The lowest BCUT2D eigenvalue weighted by molar-refractivity contribution is -0.142. The molecule has 0 aromatic carbocycles. The maximum absolute atomic E-state index is 12.8. The van der Waals surface area contributed by atoms with Crippen LogP contribution in [0.3, 0.4) is 0 Å². The zero-order valence-electron chi connectivity index (χ0n) is 16.3. The lowest BCUT2D eigenvalue weighted by atomic mass is 9.73. The lowest BCUT2D eigenvalue weighted by Crippen LogP contribution is -2.55. The number of aryl methyl sites for hydroxylation is 1. The predicted octanol–water partition coefficient (Wildman–Crippen LogP) is 3.27. The Kier molecular flexibility index (Phi) is 6.00. The first-order chi connectivity index (χ1) is 12.4. The van der Waals surface area contributed by atoms with Gasteiger partial charge in [0.1, 0.15) is 0 Å². The van der Waals surface area contributed by atoms with Gasteiger partial charge in [-0.1, -0.05) is 13.8 Å². The summed E-state index contributed by atoms with van der Waals surface area (Å²) in [6, 6.07) is 0. The first kappa shape index (κ1) is 19.3. The van der Waals surface area contributed by atoms with E-state index >= 15 is 0 Å². The molecular weight excluding hydrogens is 346 g/mol. The van der Waals surface area contributed by atoms with E-state index in [0.717, 1.165) is 62.6 Å². The number of carbonyl (C=O) groups excluding carboxylic acids is 2. The molecule has 2 saturated heterocycles. The Labute approximate surface area is 160 Å². The van der Waals surface area contributed by atoms with Crippen molar-refractivity contribution < 1.29 is 9.59 Å². The zero-order valence-corrected chi connectivity index (χ0v) is 17.1. The van der Waals surface area contributed by atoms with Crippen LogP contribution in [-0.2, 0) is 16.0 Å². The second kappa shape index (κ2) is 8.07. The van der Waals surface area contributed by atoms with Crippen LogP contribution in [0.1, 0.15) is 56.7 Å². The first-order valence-corrected chi connectivity index (χ1v) is 10.7. The van der Waals surface area contributed by atoms with Crippen LogP contribution in [0.25, 0.3) is 0 Å². The Balaban J connectivity index is 1.62. The smallest absolute Gasteiger partial charge is 0.228 e. The summed E-state index contributed by atoms with van der Waals surface area (Å²) in [5.74, 6) is 1.07. The van der Waals surface area contributed by atoms with Gasteiger partial charge in [0.2, 0.25) is 11.8 Å². The third-order valence-corrected chi connectivity index (χ3v) is 6.56. The summed E-state index contributed by atoms with van der Waals surface area (Å²) in [4.78, 5) is 33.6. The number of hydrogen-bond acceptors (Lipinski definition) is 4. The van der Waals surface area contributed by atoms with Crippen LogP contribution in [0.2, 0.25) is 0 Å². The van der Waals surface area contributed by atoms with Crippen molar-refractivity contribution in [2.75, 3.05) is 26.2 Å². The van der Waals surface area contributed by atoms with Crippen molar-refractivity contribution in [1.29, 1.82) is 0 Å². The highest BCUT2D eigenvalue weighted by Crippen LogP contribution is 2.39. The van der Waals surface area contributed by atoms with Crippen molar-refractivity contribution in [3.05, 3.63) is 16.1 Å². The number of carbonyl (C=O) groups is 2. The maximum atomic E-state index is 12.8. The third kappa shape index (κ3) is 4.64. The fourth-order valence-electron chi connectivity index (χ4n) is 4.23. The molecule has 1 aromatic rings. The molecular formula is C20H31N3O2S. The SMILES string of the molecule is Cc1nc(CC(=O)N2CCC[C@@]3(CCC(=O)N(CCC(C)C)C3)C2)cs1. The number of amides is 2. The van der Waals surface area contributed by atoms with E-state index in [-0.39, 0.29) is 17.2 Å². The average Bonchev–Trinajstić information content (AvgIpc) is 3.01. The fourth-order valence-corrected chi connectivity index (χ4v) is 4.84. The molecule has 0 radical (unpaired) electrons. The van der Waals surface area contributed by atoms with Gasteiger partial charge in [0.25, 0.3) is 0 Å². The normalized spacial score (nSPS) is 23.9. The van der Waals surface area contributed by atoms with Gasteiger partial charge >= 0.3 is 0 Å². The molecule has 2 aliphatic heterocycles. The highest BCUT2D eigenvalue weighted by molar-refractivity contribution is 7.09. The fraction of sp³-hybridized carbons (Fsp3) is 0.750. The van der Waals surface area contributed by atoms with E-state index < -0.39 is 0 Å². The van der Waals surface area contributed by atoms with Crippen LogP contribution in [0.5, 0.6) is 0 Å². The van der Waals surface area contributed by atoms with Crippen molar-refractivity contribution >= 4 is 23.2 Å². The quantitative estimate of drug-likeness (QED) is 0.791. The predicted molar refractivity (Wildman–Crippen MR) is 104 cm³/mol. The number of nitrogens with zero attached hydrogens (tertiary/aromatic N) is 3. The number of thiazole rings is 1. The molecule has 1 aromatic heterocycles. The van der Waals surface area contributed by atoms with Gasteiger partial charge in [0.05, 0.1) is 17.1 Å². The minimum Gasteiger partial charge on any atom is -0.342 e. The minimum absolute atomic E-state index is 0.0940. The van der Waals surface area contributed by atoms with Crippen molar-refractivity contribution in [3.63, 3.8) is 0 Å². The Morgan fingerprint density at radius 1 is 1.35 bits per heavy atom. The summed E-state index contributed by atoms with van der Waals surface area (Å²) in [7, 11) is 0. The third-order valence-electron chi connectivity index (χ3n) is 5.74. The Hall–Kier alpha value is -1.43. The summed E-state index contributed by atoms with van der Waals surface area (Å²) in [6.07, 6.45) is 5.16. The second-order valence-electron chi connectivity index (χ2n) is 8.45. The van der Waals surface area contributed by atoms with Gasteiger partial charge in [-0.25, -0.2) is 4.98 Å². The van der Waals surface area contributed by atoms with E-state index in [1.54, 1.807) is 11.3 Å². The molecule has 0 N–H and O–H groups in total. The van der Waals surface area contributed by atoms with Crippen molar-refractivity contribution in [3.8, 4) is 0 Å². The van der Waals surface area contributed by atoms with Crippen molar-refractivity contribution in [2.24, 2.45) is 11.3 Å². The van der Waals surface area contributed by atoms with Gasteiger partial charge in [0, 0.05) is 43.4 Å². The van der Waals surface area contributed by atoms with Gasteiger partial charge in [-0.3, -0.25) is 9.59 Å². The Morgan fingerprint density at radius 3 is 2.85 bits per heavy atom. The topological polar surface area (TPSA) is 53.5 Å². The van der Waals surface area contributed by atoms with Crippen LogP contribution in [0.4, 0.5) is 0 Å². The first-order valence-electron chi connectivity index (χ1n) is 9.83. The summed E-state index contributed by atoms with van der Waals surface area (Å²) < 4.78 is 0. The summed E-state index contributed by atoms with van der Waals surface area (Å²) in [5.41, 5.74) is 0.978. The monoisotopic (exact) mass is 377 g/mol. The summed E-state index contributed by atoms with van der Waals surface area (Å²) in [5, 5.41) is 2.99. The average molecular weight is 378 g/mol. The van der Waals surface area contributed by atoms with E-state index in [0.29, 0.717) is 18.8 Å². The molecule has 1 atom stereocenters. The molecule has 0 saturated carbocycles. The molecule has 26 heavy (non-hydrogen) atoms. The van der Waals surface area contributed by atoms with Gasteiger partial charge in [-0.2, -0.15) is 0 Å². The molecule has 0 bridgehead atoms. The van der Waals surface area contributed by atoms with Crippen molar-refractivity contribution in [1.82, 2.24) is 14.8 Å². The van der Waals surface area contributed by atoms with E-state index in [1.165, 1.54) is 0 Å². The zero-order chi connectivity index (χ0) is 18.7. The Morgan fingerprint density at radius 2 is 2.15 bits per heavy atom. The molecule has 2 amide bonds. The van der Waals surface area contributed by atoms with E-state index in [1.807, 2.05) is 17.2 Å². The molecule has 2 fully saturated rings. The standard InChI is InChI=1S/C20H31N3O2S/c1-15(2)6-10-23-14-20(8-5-18(23)24)7-4-9-22(13-20)19(25)11-17-12-26-16(3)21-17/h12,15H,4-11,13-14H2,1-3H3/t20-/m1/s1. The maximum Gasteiger partial charge on any atom is 0.228 e. The van der Waals surface area contributed by atoms with Crippen LogP contribution in [0.15, 0.2) is 5.38 Å². The van der Waals surface area contributed by atoms with Crippen LogP contribution < -0.4 is 0 Å². The van der Waals surface area contributed by atoms with Gasteiger partial charge < -0.3 is 9.80 Å². The molecule has 5 nitrogen and oxygen atoms in total. The number of rotatable bonds is 5. The Bertz CT molecular complexity index is 657. The van der Waals surface area contributed by atoms with E-state index in [9.17, 15) is 9.59 Å². The lowest BCUT2D eigenvalue weighted by Gasteiger charge is -2.48. The number of likely N-dealkylation sites (tertiary alicyclic amines) is 2. The van der Waals surface area contributed by atoms with E-state index in [4.69, 9.17) is 0 Å². The van der Waals surface area contributed by atoms with Gasteiger partial charge in [-0.05, 0) is 38.5 Å². The number of hydrogen-bond donors (Lipinski definition) is 0. The molecule has 0 unspecified atom stereocenters. The minimum atomic E-state index is 0.0940. The van der Waals surface area contributed by atoms with E-state index in [2.05, 4.69) is 23.7 Å². The van der Waals surface area contributed by atoms with Crippen LogP contribution in [0, 0.1) is 18.3 Å². The van der Waals surface area contributed by atoms with Gasteiger partial charge in [0.15, 0.2) is 0 Å². The van der Waals surface area contributed by atoms with Crippen LogP contribution in [-0.4, -0.2) is 52.8 Å². The highest BCUT2D eigenvalue weighted by atomic mass is 32.1. The summed E-state index contributed by atoms with van der Waals surface area (Å²) in [6.45, 7) is 9.67. The molecule has 3 heterocycles. The number of piperidine rings is 2. The number of aromatic nitrogens is 1. The second-order valence-corrected chi connectivity index (χ2v) is 9.51. The van der Waals surface area contributed by atoms with Gasteiger partial charge in [-0.15, -0.1) is 11.3 Å². The molecule has 2 aliphatic rings. The molecule has 3 rings (SSSR count). The van der Waals surface area contributed by atoms with Crippen LogP contribution >= 0.6 is 11.3 Å². The highest BCUT2D eigenvalue weighted by Gasteiger charge is 2.42. The summed E-state index contributed by atoms with van der Waals surface area (Å²) >= 11 is 1.60. The molecule has 1 spiro atoms. The largest absolute Gasteiger partial charge is 0.342 e.